The Morgan fingerprint density at radius 3 is 3.00 bits per heavy atom. The summed E-state index contributed by atoms with van der Waals surface area (Å²) in [6.07, 6.45) is 1.89. The van der Waals surface area contributed by atoms with E-state index in [1.165, 1.54) is 5.01 Å². The van der Waals surface area contributed by atoms with Crippen molar-refractivity contribution in [3.8, 4) is 0 Å². The van der Waals surface area contributed by atoms with E-state index in [0.717, 1.165) is 0 Å². The number of hydrazone groups is 1. The topological polar surface area (TPSA) is 58.7 Å². The largest absolute Gasteiger partial charge is 0.359 e. The van der Waals surface area contributed by atoms with Gasteiger partial charge < -0.3 is 4.52 Å². The third-order valence-corrected chi connectivity index (χ3v) is 1.53. The van der Waals surface area contributed by atoms with E-state index in [4.69, 9.17) is 4.52 Å². The molecule has 1 aromatic rings. The Morgan fingerprint density at radius 1 is 1.67 bits per heavy atom. The predicted octanol–water partition coefficient (Wildman–Crippen LogP) is 0.706. The molecule has 5 nitrogen and oxygen atoms in total. The van der Waals surface area contributed by atoms with Crippen molar-refractivity contribution in [3.63, 3.8) is 0 Å². The first kappa shape index (κ1) is 7.02. The van der Waals surface area contributed by atoms with Crippen molar-refractivity contribution in [2.75, 3.05) is 5.01 Å². The van der Waals surface area contributed by atoms with E-state index in [9.17, 15) is 4.79 Å². The first-order valence-electron chi connectivity index (χ1n) is 3.56. The van der Waals surface area contributed by atoms with Crippen LogP contribution < -0.4 is 5.01 Å². The summed E-state index contributed by atoms with van der Waals surface area (Å²) in [5.74, 6) is 1.04. The van der Waals surface area contributed by atoms with Crippen molar-refractivity contribution in [1.29, 1.82) is 0 Å². The van der Waals surface area contributed by atoms with Gasteiger partial charge in [-0.1, -0.05) is 5.16 Å². The lowest BCUT2D eigenvalue weighted by Gasteiger charge is -2.04. The molecule has 1 aliphatic rings. The third kappa shape index (κ3) is 0.990. The van der Waals surface area contributed by atoms with Gasteiger partial charge in [0.1, 0.15) is 5.76 Å². The molecule has 0 N–H and O–H groups in total. The van der Waals surface area contributed by atoms with Crippen LogP contribution in [0.2, 0.25) is 0 Å². The van der Waals surface area contributed by atoms with Gasteiger partial charge in [-0.25, -0.2) is 0 Å². The fourth-order valence-corrected chi connectivity index (χ4v) is 0.991. The zero-order valence-corrected chi connectivity index (χ0v) is 6.52. The van der Waals surface area contributed by atoms with E-state index in [1.807, 2.05) is 0 Å². The SMILES string of the molecule is Cc1cc(N2N=CCC2=O)no1. The molecule has 0 unspecified atom stereocenters. The first-order chi connectivity index (χ1) is 5.77. The summed E-state index contributed by atoms with van der Waals surface area (Å²) in [6.45, 7) is 1.76. The van der Waals surface area contributed by atoms with Crippen LogP contribution in [-0.4, -0.2) is 17.3 Å². The molecule has 5 heteroatoms. The Morgan fingerprint density at radius 2 is 2.50 bits per heavy atom. The number of aromatic nitrogens is 1. The number of nitrogens with zero attached hydrogens (tertiary/aromatic N) is 3. The quantitative estimate of drug-likeness (QED) is 0.615. The van der Waals surface area contributed by atoms with E-state index in [-0.39, 0.29) is 5.91 Å². The van der Waals surface area contributed by atoms with Gasteiger partial charge in [-0.3, -0.25) is 4.79 Å². The number of rotatable bonds is 1. The number of hydrogen-bond donors (Lipinski definition) is 0. The van der Waals surface area contributed by atoms with Crippen LogP contribution in [0.5, 0.6) is 0 Å². The van der Waals surface area contributed by atoms with Crippen LogP contribution in [-0.2, 0) is 4.79 Å². The second kappa shape index (κ2) is 2.44. The average Bonchev–Trinajstić information content (AvgIpc) is 2.58. The lowest BCUT2D eigenvalue weighted by molar-refractivity contribution is -0.116. The molecule has 0 fully saturated rings. The Hall–Kier alpha value is -1.65. The van der Waals surface area contributed by atoms with Crippen LogP contribution in [0.1, 0.15) is 12.2 Å². The minimum Gasteiger partial charge on any atom is -0.359 e. The van der Waals surface area contributed by atoms with Gasteiger partial charge in [0.15, 0.2) is 5.82 Å². The smallest absolute Gasteiger partial charge is 0.254 e. The van der Waals surface area contributed by atoms with Gasteiger partial charge in [0.25, 0.3) is 5.91 Å². The number of carbonyl (C=O) groups excluding carboxylic acids is 1. The number of aryl methyl sites for hydroxylation is 1. The van der Waals surface area contributed by atoms with E-state index in [0.29, 0.717) is 18.0 Å². The molecule has 0 saturated heterocycles. The fourth-order valence-electron chi connectivity index (χ4n) is 0.991. The molecule has 0 spiro atoms. The van der Waals surface area contributed by atoms with E-state index in [2.05, 4.69) is 10.3 Å². The van der Waals surface area contributed by atoms with Crippen LogP contribution in [0, 0.1) is 6.92 Å². The van der Waals surface area contributed by atoms with Gasteiger partial charge in [0.05, 0.1) is 6.42 Å². The molecular weight excluding hydrogens is 158 g/mol. The van der Waals surface area contributed by atoms with Gasteiger partial charge in [0.2, 0.25) is 0 Å². The zero-order chi connectivity index (χ0) is 8.55. The highest BCUT2D eigenvalue weighted by molar-refractivity contribution is 6.04. The normalized spacial score (nSPS) is 16.1. The molecule has 0 aromatic carbocycles. The monoisotopic (exact) mass is 165 g/mol. The van der Waals surface area contributed by atoms with E-state index < -0.39 is 0 Å². The molecule has 0 radical (unpaired) electrons. The summed E-state index contributed by atoms with van der Waals surface area (Å²) in [4.78, 5) is 11.1. The van der Waals surface area contributed by atoms with Gasteiger partial charge in [-0.15, -0.1) is 0 Å². The highest BCUT2D eigenvalue weighted by atomic mass is 16.5. The molecule has 12 heavy (non-hydrogen) atoms. The molecule has 62 valence electrons. The van der Waals surface area contributed by atoms with Crippen molar-refractivity contribution >= 4 is 17.9 Å². The molecule has 1 aliphatic heterocycles. The number of hydrogen-bond acceptors (Lipinski definition) is 4. The molecule has 0 bridgehead atoms. The van der Waals surface area contributed by atoms with Gasteiger partial charge >= 0.3 is 0 Å². The third-order valence-electron chi connectivity index (χ3n) is 1.53. The lowest BCUT2D eigenvalue weighted by Crippen LogP contribution is -2.19. The summed E-state index contributed by atoms with van der Waals surface area (Å²) >= 11 is 0. The molecule has 2 heterocycles. The Kier molecular flexibility index (Phi) is 1.43. The minimum atomic E-state index is -0.0803. The van der Waals surface area contributed by atoms with Crippen molar-refractivity contribution in [2.24, 2.45) is 5.10 Å². The van der Waals surface area contributed by atoms with Crippen molar-refractivity contribution in [3.05, 3.63) is 11.8 Å². The second-order valence-electron chi connectivity index (χ2n) is 2.50. The van der Waals surface area contributed by atoms with Crippen LogP contribution in [0.4, 0.5) is 5.82 Å². The molecule has 1 amide bonds. The predicted molar refractivity (Wildman–Crippen MR) is 41.8 cm³/mol. The molecule has 0 aliphatic carbocycles. The average molecular weight is 165 g/mol. The Balaban J connectivity index is 2.30. The summed E-state index contributed by atoms with van der Waals surface area (Å²) in [5, 5.41) is 8.73. The summed E-state index contributed by atoms with van der Waals surface area (Å²) in [6, 6.07) is 1.67. The Labute approximate surface area is 68.6 Å². The fraction of sp³-hybridized carbons (Fsp3) is 0.286. The Bertz CT molecular complexity index is 342. The molecule has 1 aromatic heterocycles. The van der Waals surface area contributed by atoms with Crippen LogP contribution in [0.15, 0.2) is 15.7 Å². The van der Waals surface area contributed by atoms with Crippen molar-refractivity contribution in [1.82, 2.24) is 5.16 Å². The van der Waals surface area contributed by atoms with Crippen LogP contribution >= 0.6 is 0 Å². The molecule has 0 saturated carbocycles. The van der Waals surface area contributed by atoms with Gasteiger partial charge in [-0.05, 0) is 6.92 Å². The zero-order valence-electron chi connectivity index (χ0n) is 6.52. The maximum Gasteiger partial charge on any atom is 0.254 e. The maximum atomic E-state index is 11.1. The molecular formula is C7H7N3O2. The van der Waals surface area contributed by atoms with Crippen molar-refractivity contribution < 1.29 is 9.32 Å². The molecule has 0 atom stereocenters. The first-order valence-corrected chi connectivity index (χ1v) is 3.56. The van der Waals surface area contributed by atoms with Gasteiger partial charge in [0, 0.05) is 12.3 Å². The van der Waals surface area contributed by atoms with E-state index in [1.54, 1.807) is 19.2 Å². The standard InChI is InChI=1S/C7H7N3O2/c1-5-4-6(9-12-5)10-7(11)2-3-8-10/h3-4H,2H2,1H3. The highest BCUT2D eigenvalue weighted by Crippen LogP contribution is 2.17. The highest BCUT2D eigenvalue weighted by Gasteiger charge is 2.21. The van der Waals surface area contributed by atoms with Gasteiger partial charge in [-0.2, -0.15) is 10.1 Å². The molecule has 2 rings (SSSR count). The van der Waals surface area contributed by atoms with Crippen LogP contribution in [0.3, 0.4) is 0 Å². The number of anilines is 1. The number of amides is 1. The van der Waals surface area contributed by atoms with Crippen molar-refractivity contribution in [2.45, 2.75) is 13.3 Å². The summed E-state index contributed by atoms with van der Waals surface area (Å²) in [7, 11) is 0. The lowest BCUT2D eigenvalue weighted by atomic mass is 10.4. The second-order valence-corrected chi connectivity index (χ2v) is 2.50. The maximum absolute atomic E-state index is 11.1. The number of carbonyl (C=O) groups is 1. The summed E-state index contributed by atoms with van der Waals surface area (Å²) in [5.41, 5.74) is 0. The summed E-state index contributed by atoms with van der Waals surface area (Å²) < 4.78 is 4.81. The van der Waals surface area contributed by atoms with E-state index >= 15 is 0 Å². The van der Waals surface area contributed by atoms with Crippen LogP contribution in [0.25, 0.3) is 0 Å². The minimum absolute atomic E-state index is 0.0803.